The van der Waals surface area contributed by atoms with Crippen LogP contribution in [0.5, 0.6) is 0 Å². The van der Waals surface area contributed by atoms with Crippen molar-refractivity contribution in [2.24, 2.45) is 0 Å². The maximum atomic E-state index is 11.0. The van der Waals surface area contributed by atoms with Crippen LogP contribution in [0.25, 0.3) is 0 Å². The Hall–Kier alpha value is -1.05. The summed E-state index contributed by atoms with van der Waals surface area (Å²) in [5.41, 5.74) is 0. The van der Waals surface area contributed by atoms with Crippen molar-refractivity contribution in [1.82, 2.24) is 0 Å². The van der Waals surface area contributed by atoms with Crippen molar-refractivity contribution in [3.05, 3.63) is 23.7 Å². The van der Waals surface area contributed by atoms with Gasteiger partial charge in [-0.2, -0.15) is 0 Å². The molecule has 0 N–H and O–H groups in total. The number of carbonyl (C=O) groups excluding carboxylic acids is 1. The minimum atomic E-state index is 0.353. The van der Waals surface area contributed by atoms with Crippen LogP contribution in [-0.2, 0) is 4.79 Å². The molecule has 1 saturated carbocycles. The van der Waals surface area contributed by atoms with Gasteiger partial charge in [0.2, 0.25) is 0 Å². The molecule has 1 aliphatic carbocycles. The van der Waals surface area contributed by atoms with Gasteiger partial charge < -0.3 is 4.42 Å². The number of Topliss-reactive ketones (excluding diaryl/α,β-unsaturated/α-hetero) is 1. The SMILES string of the molecule is Cc1ccc([C@H]2CCC(=O)C2)o1. The summed E-state index contributed by atoms with van der Waals surface area (Å²) in [4.78, 5) is 11.0. The fraction of sp³-hybridized carbons (Fsp3) is 0.500. The number of rotatable bonds is 1. The van der Waals surface area contributed by atoms with Crippen LogP contribution in [0, 0.1) is 6.92 Å². The van der Waals surface area contributed by atoms with E-state index in [2.05, 4.69) is 0 Å². The molecular formula is C10H12O2. The molecule has 0 aliphatic heterocycles. The van der Waals surface area contributed by atoms with Gasteiger partial charge in [-0.3, -0.25) is 4.79 Å². The smallest absolute Gasteiger partial charge is 0.133 e. The molecule has 64 valence electrons. The van der Waals surface area contributed by atoms with Gasteiger partial charge in [0.05, 0.1) is 0 Å². The fourth-order valence-corrected chi connectivity index (χ4v) is 1.73. The van der Waals surface area contributed by atoms with Crippen LogP contribution in [0.4, 0.5) is 0 Å². The summed E-state index contributed by atoms with van der Waals surface area (Å²) in [6.07, 6.45) is 2.36. The highest BCUT2D eigenvalue weighted by Crippen LogP contribution is 2.32. The normalized spacial score (nSPS) is 23.4. The van der Waals surface area contributed by atoms with Crippen LogP contribution in [0.3, 0.4) is 0 Å². The molecule has 1 aromatic heterocycles. The zero-order valence-corrected chi connectivity index (χ0v) is 7.17. The van der Waals surface area contributed by atoms with Gasteiger partial charge in [0.15, 0.2) is 0 Å². The van der Waals surface area contributed by atoms with E-state index in [4.69, 9.17) is 4.42 Å². The Bertz CT molecular complexity index is 299. The van der Waals surface area contributed by atoms with Gasteiger partial charge in [-0.05, 0) is 25.5 Å². The molecule has 2 heteroatoms. The van der Waals surface area contributed by atoms with Crippen molar-refractivity contribution < 1.29 is 9.21 Å². The maximum absolute atomic E-state index is 11.0. The highest BCUT2D eigenvalue weighted by atomic mass is 16.3. The van der Waals surface area contributed by atoms with E-state index in [9.17, 15) is 4.79 Å². The van der Waals surface area contributed by atoms with Crippen molar-refractivity contribution >= 4 is 5.78 Å². The zero-order chi connectivity index (χ0) is 8.55. The summed E-state index contributed by atoms with van der Waals surface area (Å²) in [7, 11) is 0. The molecular weight excluding hydrogens is 152 g/mol. The summed E-state index contributed by atoms with van der Waals surface area (Å²) < 4.78 is 5.46. The lowest BCUT2D eigenvalue weighted by molar-refractivity contribution is -0.117. The first-order chi connectivity index (χ1) is 5.75. The van der Waals surface area contributed by atoms with Crippen molar-refractivity contribution in [2.75, 3.05) is 0 Å². The molecule has 1 aromatic rings. The molecule has 0 amide bonds. The van der Waals surface area contributed by atoms with Gasteiger partial charge in [0, 0.05) is 18.8 Å². The van der Waals surface area contributed by atoms with Gasteiger partial charge in [0.1, 0.15) is 17.3 Å². The van der Waals surface area contributed by atoms with E-state index in [0.717, 1.165) is 24.4 Å². The second-order valence-corrected chi connectivity index (χ2v) is 3.43. The lowest BCUT2D eigenvalue weighted by atomic mass is 10.1. The van der Waals surface area contributed by atoms with E-state index in [0.29, 0.717) is 18.1 Å². The third-order valence-electron chi connectivity index (χ3n) is 2.41. The molecule has 0 radical (unpaired) electrons. The van der Waals surface area contributed by atoms with Crippen LogP contribution < -0.4 is 0 Å². The summed E-state index contributed by atoms with van der Waals surface area (Å²) in [5.74, 6) is 2.64. The highest BCUT2D eigenvalue weighted by molar-refractivity contribution is 5.81. The Labute approximate surface area is 71.6 Å². The Morgan fingerprint density at radius 1 is 1.50 bits per heavy atom. The minimum Gasteiger partial charge on any atom is -0.466 e. The molecule has 1 aliphatic rings. The molecule has 0 aromatic carbocycles. The monoisotopic (exact) mass is 164 g/mol. The predicted octanol–water partition coefficient (Wildman–Crippen LogP) is 2.42. The van der Waals surface area contributed by atoms with Gasteiger partial charge >= 0.3 is 0 Å². The van der Waals surface area contributed by atoms with Gasteiger partial charge in [-0.15, -0.1) is 0 Å². The third-order valence-corrected chi connectivity index (χ3v) is 2.41. The van der Waals surface area contributed by atoms with Gasteiger partial charge in [-0.1, -0.05) is 0 Å². The summed E-state index contributed by atoms with van der Waals surface area (Å²) in [6.45, 7) is 1.93. The largest absolute Gasteiger partial charge is 0.466 e. The first kappa shape index (κ1) is 7.59. The number of hydrogen-bond donors (Lipinski definition) is 0. The van der Waals surface area contributed by atoms with E-state index in [1.54, 1.807) is 0 Å². The topological polar surface area (TPSA) is 30.2 Å². The quantitative estimate of drug-likeness (QED) is 0.638. The Kier molecular flexibility index (Phi) is 1.75. The van der Waals surface area contributed by atoms with E-state index < -0.39 is 0 Å². The molecule has 12 heavy (non-hydrogen) atoms. The van der Waals surface area contributed by atoms with Crippen molar-refractivity contribution in [2.45, 2.75) is 32.1 Å². The van der Waals surface area contributed by atoms with E-state index in [-0.39, 0.29) is 0 Å². The minimum absolute atomic E-state index is 0.353. The first-order valence-electron chi connectivity index (χ1n) is 4.34. The van der Waals surface area contributed by atoms with Crippen molar-refractivity contribution in [3.8, 4) is 0 Å². The van der Waals surface area contributed by atoms with Crippen LogP contribution in [0.15, 0.2) is 16.5 Å². The third kappa shape index (κ3) is 1.29. The van der Waals surface area contributed by atoms with Crippen molar-refractivity contribution in [3.63, 3.8) is 0 Å². The Balaban J connectivity index is 2.15. The van der Waals surface area contributed by atoms with Crippen molar-refractivity contribution in [1.29, 1.82) is 0 Å². The molecule has 0 bridgehead atoms. The average Bonchev–Trinajstić information content (AvgIpc) is 2.58. The van der Waals surface area contributed by atoms with Crippen LogP contribution in [0.1, 0.15) is 36.7 Å². The standard InChI is InChI=1S/C10H12O2/c1-7-2-5-10(12-7)8-3-4-9(11)6-8/h2,5,8H,3-4,6H2,1H3/t8-/m0/s1. The molecule has 2 nitrogen and oxygen atoms in total. The lowest BCUT2D eigenvalue weighted by Crippen LogP contribution is -1.91. The molecule has 0 spiro atoms. The van der Waals surface area contributed by atoms with Gasteiger partial charge in [0.25, 0.3) is 0 Å². The molecule has 1 fully saturated rings. The highest BCUT2D eigenvalue weighted by Gasteiger charge is 2.25. The number of ketones is 1. The van der Waals surface area contributed by atoms with E-state index in [1.807, 2.05) is 19.1 Å². The zero-order valence-electron chi connectivity index (χ0n) is 7.17. The van der Waals surface area contributed by atoms with E-state index >= 15 is 0 Å². The molecule has 0 saturated heterocycles. The Morgan fingerprint density at radius 3 is 2.83 bits per heavy atom. The number of aryl methyl sites for hydroxylation is 1. The summed E-state index contributed by atoms with van der Waals surface area (Å²) >= 11 is 0. The Morgan fingerprint density at radius 2 is 2.33 bits per heavy atom. The summed E-state index contributed by atoms with van der Waals surface area (Å²) in [5, 5.41) is 0. The fourth-order valence-electron chi connectivity index (χ4n) is 1.73. The average molecular weight is 164 g/mol. The second-order valence-electron chi connectivity index (χ2n) is 3.43. The molecule has 2 rings (SSSR count). The number of carbonyl (C=O) groups is 1. The first-order valence-corrected chi connectivity index (χ1v) is 4.34. The van der Waals surface area contributed by atoms with Crippen LogP contribution in [-0.4, -0.2) is 5.78 Å². The van der Waals surface area contributed by atoms with Crippen LogP contribution in [0.2, 0.25) is 0 Å². The van der Waals surface area contributed by atoms with Crippen LogP contribution >= 0.6 is 0 Å². The molecule has 1 atom stereocenters. The second kappa shape index (κ2) is 2.77. The van der Waals surface area contributed by atoms with Gasteiger partial charge in [-0.25, -0.2) is 0 Å². The summed E-state index contributed by atoms with van der Waals surface area (Å²) in [6, 6.07) is 3.94. The lowest BCUT2D eigenvalue weighted by Gasteiger charge is -2.01. The number of furan rings is 1. The molecule has 1 heterocycles. The molecule has 0 unspecified atom stereocenters. The van der Waals surface area contributed by atoms with E-state index in [1.165, 1.54) is 0 Å². The maximum Gasteiger partial charge on any atom is 0.133 e. The predicted molar refractivity (Wildman–Crippen MR) is 45.0 cm³/mol. The number of hydrogen-bond acceptors (Lipinski definition) is 2.